The van der Waals surface area contributed by atoms with Crippen molar-refractivity contribution < 1.29 is 9.18 Å². The minimum atomic E-state index is -0.421. The SMILES string of the molecule is Cc1ccc(F)c(C(=O)N2[C@H](C)CCC[C@@H]2C)c1. The fourth-order valence-corrected chi connectivity index (χ4v) is 2.76. The Balaban J connectivity index is 2.32. The molecule has 18 heavy (non-hydrogen) atoms. The molecule has 0 spiro atoms. The van der Waals surface area contributed by atoms with Crippen LogP contribution in [0.3, 0.4) is 0 Å². The molecule has 1 saturated heterocycles. The molecule has 0 saturated carbocycles. The Morgan fingerprint density at radius 2 is 1.89 bits per heavy atom. The maximum Gasteiger partial charge on any atom is 0.257 e. The van der Waals surface area contributed by atoms with Gasteiger partial charge in [0.25, 0.3) is 5.91 Å². The van der Waals surface area contributed by atoms with E-state index in [0.29, 0.717) is 0 Å². The Morgan fingerprint density at radius 3 is 2.50 bits per heavy atom. The van der Waals surface area contributed by atoms with Gasteiger partial charge in [-0.25, -0.2) is 4.39 Å². The van der Waals surface area contributed by atoms with Crippen LogP contribution in [0.25, 0.3) is 0 Å². The van der Waals surface area contributed by atoms with Gasteiger partial charge < -0.3 is 4.90 Å². The molecule has 2 atom stereocenters. The summed E-state index contributed by atoms with van der Waals surface area (Å²) in [4.78, 5) is 14.3. The van der Waals surface area contributed by atoms with Gasteiger partial charge in [-0.1, -0.05) is 11.6 Å². The fraction of sp³-hybridized carbons (Fsp3) is 0.533. The summed E-state index contributed by atoms with van der Waals surface area (Å²) >= 11 is 0. The van der Waals surface area contributed by atoms with Gasteiger partial charge in [-0.15, -0.1) is 0 Å². The molecule has 98 valence electrons. The van der Waals surface area contributed by atoms with E-state index >= 15 is 0 Å². The summed E-state index contributed by atoms with van der Waals surface area (Å²) < 4.78 is 13.8. The number of nitrogens with zero attached hydrogens (tertiary/aromatic N) is 1. The molecule has 1 aromatic rings. The van der Waals surface area contributed by atoms with Crippen LogP contribution in [0.1, 0.15) is 49.0 Å². The molecule has 1 amide bonds. The minimum absolute atomic E-state index is 0.170. The lowest BCUT2D eigenvalue weighted by Crippen LogP contribution is -2.47. The number of amides is 1. The number of carbonyl (C=O) groups excluding carboxylic acids is 1. The van der Waals surface area contributed by atoms with Crippen molar-refractivity contribution in [3.63, 3.8) is 0 Å². The van der Waals surface area contributed by atoms with Crippen LogP contribution in [0.15, 0.2) is 18.2 Å². The van der Waals surface area contributed by atoms with Crippen LogP contribution in [0.2, 0.25) is 0 Å². The van der Waals surface area contributed by atoms with Crippen molar-refractivity contribution in [2.75, 3.05) is 0 Å². The summed E-state index contributed by atoms with van der Waals surface area (Å²) in [5.41, 5.74) is 1.12. The van der Waals surface area contributed by atoms with Crippen molar-refractivity contribution in [2.24, 2.45) is 0 Å². The van der Waals surface area contributed by atoms with Gasteiger partial charge >= 0.3 is 0 Å². The average molecular weight is 249 g/mol. The largest absolute Gasteiger partial charge is 0.333 e. The second-order valence-electron chi connectivity index (χ2n) is 5.32. The Labute approximate surface area is 108 Å². The molecule has 1 aliphatic rings. The predicted octanol–water partition coefficient (Wildman–Crippen LogP) is 3.54. The van der Waals surface area contributed by atoms with E-state index in [9.17, 15) is 9.18 Å². The van der Waals surface area contributed by atoms with Crippen molar-refractivity contribution in [1.29, 1.82) is 0 Å². The maximum absolute atomic E-state index is 13.8. The maximum atomic E-state index is 13.8. The van der Waals surface area contributed by atoms with Gasteiger partial charge in [-0.2, -0.15) is 0 Å². The number of likely N-dealkylation sites (tertiary alicyclic amines) is 1. The zero-order valence-electron chi connectivity index (χ0n) is 11.2. The van der Waals surface area contributed by atoms with E-state index in [-0.39, 0.29) is 23.6 Å². The molecule has 1 aliphatic heterocycles. The minimum Gasteiger partial charge on any atom is -0.333 e. The predicted molar refractivity (Wildman–Crippen MR) is 70.1 cm³/mol. The third-order valence-electron chi connectivity index (χ3n) is 3.78. The van der Waals surface area contributed by atoms with E-state index in [1.807, 2.05) is 25.7 Å². The first-order valence-corrected chi connectivity index (χ1v) is 6.59. The Bertz CT molecular complexity index is 448. The van der Waals surface area contributed by atoms with E-state index < -0.39 is 5.82 Å². The van der Waals surface area contributed by atoms with Gasteiger partial charge in [0.15, 0.2) is 0 Å². The van der Waals surface area contributed by atoms with Crippen LogP contribution in [0, 0.1) is 12.7 Å². The van der Waals surface area contributed by atoms with Gasteiger partial charge in [0.1, 0.15) is 5.82 Å². The van der Waals surface area contributed by atoms with E-state index in [1.165, 1.54) is 6.07 Å². The Morgan fingerprint density at radius 1 is 1.28 bits per heavy atom. The first kappa shape index (κ1) is 13.1. The molecule has 1 aromatic carbocycles. The molecule has 0 unspecified atom stereocenters. The zero-order chi connectivity index (χ0) is 13.3. The van der Waals surface area contributed by atoms with Crippen molar-refractivity contribution in [3.8, 4) is 0 Å². The number of rotatable bonds is 1. The topological polar surface area (TPSA) is 20.3 Å². The van der Waals surface area contributed by atoms with E-state index in [4.69, 9.17) is 0 Å². The van der Waals surface area contributed by atoms with Gasteiger partial charge in [0.05, 0.1) is 5.56 Å². The number of piperidine rings is 1. The van der Waals surface area contributed by atoms with Crippen LogP contribution in [-0.4, -0.2) is 22.9 Å². The van der Waals surface area contributed by atoms with Gasteiger partial charge in [0.2, 0.25) is 0 Å². The molecular formula is C15H20FNO. The van der Waals surface area contributed by atoms with Crippen LogP contribution in [-0.2, 0) is 0 Å². The summed E-state index contributed by atoms with van der Waals surface area (Å²) in [5, 5.41) is 0. The number of aryl methyl sites for hydroxylation is 1. The van der Waals surface area contributed by atoms with Crippen molar-refractivity contribution in [1.82, 2.24) is 4.90 Å². The van der Waals surface area contributed by atoms with Crippen LogP contribution in [0.4, 0.5) is 4.39 Å². The lowest BCUT2D eigenvalue weighted by molar-refractivity contribution is 0.0506. The molecule has 1 fully saturated rings. The van der Waals surface area contributed by atoms with Gasteiger partial charge in [-0.3, -0.25) is 4.79 Å². The molecule has 2 rings (SSSR count). The lowest BCUT2D eigenvalue weighted by Gasteiger charge is -2.39. The monoisotopic (exact) mass is 249 g/mol. The molecule has 0 aromatic heterocycles. The van der Waals surface area contributed by atoms with E-state index in [0.717, 1.165) is 24.8 Å². The first-order chi connectivity index (χ1) is 8.50. The molecule has 0 N–H and O–H groups in total. The number of hydrogen-bond acceptors (Lipinski definition) is 1. The number of carbonyl (C=O) groups is 1. The normalized spacial score (nSPS) is 24.1. The molecule has 2 nitrogen and oxygen atoms in total. The second kappa shape index (κ2) is 5.09. The summed E-state index contributed by atoms with van der Waals surface area (Å²) in [6.45, 7) is 5.96. The van der Waals surface area contributed by atoms with Crippen molar-refractivity contribution in [2.45, 2.75) is 52.1 Å². The summed E-state index contributed by atoms with van der Waals surface area (Å²) in [7, 11) is 0. The summed E-state index contributed by atoms with van der Waals surface area (Å²) in [6, 6.07) is 5.10. The number of hydrogen-bond donors (Lipinski definition) is 0. The third kappa shape index (κ3) is 2.40. The van der Waals surface area contributed by atoms with E-state index in [1.54, 1.807) is 12.1 Å². The van der Waals surface area contributed by atoms with Crippen LogP contribution >= 0.6 is 0 Å². The quantitative estimate of drug-likeness (QED) is 0.745. The molecule has 1 heterocycles. The van der Waals surface area contributed by atoms with Crippen molar-refractivity contribution >= 4 is 5.91 Å². The molecular weight excluding hydrogens is 229 g/mol. The van der Waals surface area contributed by atoms with Crippen LogP contribution < -0.4 is 0 Å². The van der Waals surface area contributed by atoms with Crippen molar-refractivity contribution in [3.05, 3.63) is 35.1 Å². The third-order valence-corrected chi connectivity index (χ3v) is 3.78. The summed E-state index contributed by atoms with van der Waals surface area (Å²) in [6.07, 6.45) is 3.15. The standard InChI is InChI=1S/C15H20FNO/c1-10-7-8-14(16)13(9-10)15(18)17-11(2)5-4-6-12(17)3/h7-9,11-12H,4-6H2,1-3H3/t11-,12+. The lowest BCUT2D eigenvalue weighted by atomic mass is 9.96. The highest BCUT2D eigenvalue weighted by Gasteiger charge is 2.30. The zero-order valence-corrected chi connectivity index (χ0v) is 11.2. The fourth-order valence-electron chi connectivity index (χ4n) is 2.76. The number of halogens is 1. The highest BCUT2D eigenvalue weighted by molar-refractivity contribution is 5.95. The van der Waals surface area contributed by atoms with Crippen LogP contribution in [0.5, 0.6) is 0 Å². The van der Waals surface area contributed by atoms with Gasteiger partial charge in [0, 0.05) is 12.1 Å². The molecule has 3 heteroatoms. The smallest absolute Gasteiger partial charge is 0.257 e. The Kier molecular flexibility index (Phi) is 3.69. The average Bonchev–Trinajstić information content (AvgIpc) is 2.32. The first-order valence-electron chi connectivity index (χ1n) is 6.59. The molecule has 0 bridgehead atoms. The van der Waals surface area contributed by atoms with Gasteiger partial charge in [-0.05, 0) is 52.2 Å². The second-order valence-corrected chi connectivity index (χ2v) is 5.32. The molecule has 0 radical (unpaired) electrons. The highest BCUT2D eigenvalue weighted by atomic mass is 19.1. The highest BCUT2D eigenvalue weighted by Crippen LogP contribution is 2.25. The Hall–Kier alpha value is -1.38. The van der Waals surface area contributed by atoms with E-state index in [2.05, 4.69) is 0 Å². The summed E-state index contributed by atoms with van der Waals surface area (Å²) in [5.74, 6) is -0.591. The number of benzene rings is 1. The molecule has 0 aliphatic carbocycles.